The van der Waals surface area contributed by atoms with Crippen molar-refractivity contribution in [1.82, 2.24) is 9.78 Å². The Morgan fingerprint density at radius 2 is 2.00 bits per heavy atom. The smallest absolute Gasteiger partial charge is 0.269 e. The molecule has 1 aromatic heterocycles. The van der Waals surface area contributed by atoms with Crippen molar-refractivity contribution in [1.29, 1.82) is 0 Å². The molecule has 0 saturated carbocycles. The van der Waals surface area contributed by atoms with E-state index in [1.807, 2.05) is 18.3 Å². The number of anilines is 1. The van der Waals surface area contributed by atoms with E-state index >= 15 is 0 Å². The van der Waals surface area contributed by atoms with E-state index < -0.39 is 6.10 Å². The van der Waals surface area contributed by atoms with Gasteiger partial charge < -0.3 is 10.2 Å². The quantitative estimate of drug-likeness (QED) is 0.739. The number of carbonyl (C=O) groups is 1. The highest BCUT2D eigenvalue weighted by atomic mass is 19.1. The number of aromatic nitrogens is 2. The zero-order valence-electron chi connectivity index (χ0n) is 15.3. The summed E-state index contributed by atoms with van der Waals surface area (Å²) in [5.74, 6) is -0.182. The van der Waals surface area contributed by atoms with E-state index in [1.165, 1.54) is 23.3 Å². The monoisotopic (exact) mass is 378 g/mol. The summed E-state index contributed by atoms with van der Waals surface area (Å²) in [5.41, 5.74) is 3.71. The molecule has 1 aliphatic rings. The fraction of sp³-hybridized carbons (Fsp3) is 0.190. The van der Waals surface area contributed by atoms with E-state index in [2.05, 4.69) is 34.6 Å². The number of benzene rings is 2. The molecular weight excluding hydrogens is 359 g/mol. The van der Waals surface area contributed by atoms with Crippen LogP contribution in [0.5, 0.6) is 0 Å². The lowest BCUT2D eigenvalue weighted by Gasteiger charge is -2.08. The molecule has 2 heterocycles. The normalized spacial score (nSPS) is 15.8. The first-order valence-corrected chi connectivity index (χ1v) is 8.96. The molecule has 1 atom stereocenters. The Labute approximate surface area is 161 Å². The Balaban J connectivity index is 1.35. The minimum atomic E-state index is -0.735. The number of halogens is 1. The maximum Gasteiger partial charge on any atom is 0.269 e. The maximum absolute atomic E-state index is 13.0. The predicted octanol–water partition coefficient (Wildman–Crippen LogP) is 3.51. The maximum atomic E-state index is 13.0. The van der Waals surface area contributed by atoms with Gasteiger partial charge in [-0.2, -0.15) is 5.10 Å². The second-order valence-electron chi connectivity index (χ2n) is 6.66. The third-order valence-corrected chi connectivity index (χ3v) is 4.62. The molecule has 1 amide bonds. The van der Waals surface area contributed by atoms with E-state index in [9.17, 15) is 9.18 Å². The summed E-state index contributed by atoms with van der Waals surface area (Å²) in [4.78, 5) is 17.7. The van der Waals surface area contributed by atoms with Crippen molar-refractivity contribution in [3.63, 3.8) is 0 Å². The van der Waals surface area contributed by atoms with Gasteiger partial charge in [0, 0.05) is 18.7 Å². The Morgan fingerprint density at radius 3 is 2.79 bits per heavy atom. The van der Waals surface area contributed by atoms with E-state index in [0.717, 1.165) is 5.56 Å². The van der Waals surface area contributed by atoms with Crippen LogP contribution in [0.3, 0.4) is 0 Å². The average molecular weight is 378 g/mol. The highest BCUT2D eigenvalue weighted by Gasteiger charge is 2.29. The molecule has 3 aromatic rings. The molecule has 1 unspecified atom stereocenters. The molecule has 7 heteroatoms. The van der Waals surface area contributed by atoms with Crippen molar-refractivity contribution in [3.05, 3.63) is 83.3 Å². The Morgan fingerprint density at radius 1 is 1.21 bits per heavy atom. The number of amides is 1. The highest BCUT2D eigenvalue weighted by Crippen LogP contribution is 2.19. The number of hydrogen-bond donors (Lipinski definition) is 1. The van der Waals surface area contributed by atoms with Crippen LogP contribution in [0, 0.1) is 12.7 Å². The number of nitrogens with one attached hydrogen (secondary N) is 1. The minimum Gasteiger partial charge on any atom is -0.382 e. The molecule has 0 aliphatic carbocycles. The largest absolute Gasteiger partial charge is 0.382 e. The Kier molecular flexibility index (Phi) is 4.89. The van der Waals surface area contributed by atoms with Crippen LogP contribution in [-0.2, 0) is 16.2 Å². The number of oxime groups is 1. The van der Waals surface area contributed by atoms with Gasteiger partial charge in [0.15, 0.2) is 5.82 Å². The fourth-order valence-electron chi connectivity index (χ4n) is 3.02. The van der Waals surface area contributed by atoms with Gasteiger partial charge in [0.2, 0.25) is 6.10 Å². The molecule has 1 aliphatic heterocycles. The summed E-state index contributed by atoms with van der Waals surface area (Å²) in [7, 11) is 0. The molecule has 4 rings (SSSR count). The molecule has 0 saturated heterocycles. The summed E-state index contributed by atoms with van der Waals surface area (Å²) >= 11 is 0. The molecule has 1 N–H and O–H groups in total. The number of aryl methyl sites for hydroxylation is 1. The van der Waals surface area contributed by atoms with Gasteiger partial charge in [-0.05, 0) is 35.7 Å². The van der Waals surface area contributed by atoms with Gasteiger partial charge >= 0.3 is 0 Å². The van der Waals surface area contributed by atoms with E-state index in [1.54, 1.807) is 22.9 Å². The third-order valence-electron chi connectivity index (χ3n) is 4.62. The second-order valence-corrected chi connectivity index (χ2v) is 6.66. The van der Waals surface area contributed by atoms with Crippen molar-refractivity contribution in [2.75, 3.05) is 5.32 Å². The zero-order chi connectivity index (χ0) is 19.5. The van der Waals surface area contributed by atoms with Gasteiger partial charge in [-0.1, -0.05) is 41.6 Å². The highest BCUT2D eigenvalue weighted by molar-refractivity contribution is 6.05. The van der Waals surface area contributed by atoms with Gasteiger partial charge in [0.05, 0.1) is 12.3 Å². The van der Waals surface area contributed by atoms with E-state index in [-0.39, 0.29) is 11.7 Å². The van der Waals surface area contributed by atoms with Crippen LogP contribution in [0.25, 0.3) is 0 Å². The topological polar surface area (TPSA) is 68.5 Å². The van der Waals surface area contributed by atoms with Crippen molar-refractivity contribution >= 4 is 17.4 Å². The number of rotatable bonds is 5. The molecule has 0 radical (unpaired) electrons. The first-order valence-electron chi connectivity index (χ1n) is 8.96. The van der Waals surface area contributed by atoms with Crippen LogP contribution in [-0.4, -0.2) is 27.5 Å². The first-order chi connectivity index (χ1) is 13.6. The zero-order valence-corrected chi connectivity index (χ0v) is 15.3. The van der Waals surface area contributed by atoms with Crippen molar-refractivity contribution in [2.24, 2.45) is 5.16 Å². The van der Waals surface area contributed by atoms with Crippen molar-refractivity contribution in [3.8, 4) is 0 Å². The number of nitrogens with zero attached hydrogens (tertiary/aromatic N) is 3. The van der Waals surface area contributed by atoms with Crippen LogP contribution in [0.2, 0.25) is 0 Å². The fourth-order valence-corrected chi connectivity index (χ4v) is 3.02. The molecule has 28 heavy (non-hydrogen) atoms. The van der Waals surface area contributed by atoms with Gasteiger partial charge in [-0.15, -0.1) is 0 Å². The van der Waals surface area contributed by atoms with Crippen LogP contribution in [0.4, 0.5) is 10.2 Å². The molecular formula is C21H19FN4O2. The van der Waals surface area contributed by atoms with E-state index in [0.29, 0.717) is 24.5 Å². The summed E-state index contributed by atoms with van der Waals surface area (Å²) in [6, 6.07) is 15.8. The Bertz CT molecular complexity index is 1030. The summed E-state index contributed by atoms with van der Waals surface area (Å²) < 4.78 is 14.8. The lowest BCUT2D eigenvalue weighted by molar-refractivity contribution is -0.125. The van der Waals surface area contributed by atoms with Gasteiger partial charge in [0.1, 0.15) is 5.82 Å². The molecule has 0 fully saturated rings. The van der Waals surface area contributed by atoms with Gasteiger partial charge in [-0.25, -0.2) is 4.39 Å². The molecule has 6 nitrogen and oxygen atoms in total. The average Bonchev–Trinajstić information content (AvgIpc) is 3.34. The minimum absolute atomic E-state index is 0.318. The van der Waals surface area contributed by atoms with Gasteiger partial charge in [-0.3, -0.25) is 9.48 Å². The Hall–Kier alpha value is -3.48. The van der Waals surface area contributed by atoms with Crippen LogP contribution >= 0.6 is 0 Å². The predicted molar refractivity (Wildman–Crippen MR) is 104 cm³/mol. The molecule has 2 aromatic carbocycles. The molecule has 0 bridgehead atoms. The lowest BCUT2D eigenvalue weighted by Crippen LogP contribution is -2.28. The summed E-state index contributed by atoms with van der Waals surface area (Å²) in [5, 5.41) is 11.1. The van der Waals surface area contributed by atoms with Gasteiger partial charge in [0.25, 0.3) is 5.91 Å². The SMILES string of the molecule is Cc1ccccc1Cn1ccc(NC(=O)C2CC(c3ccc(F)cc3)=NO2)n1. The molecule has 142 valence electrons. The lowest BCUT2D eigenvalue weighted by atomic mass is 10.0. The second kappa shape index (κ2) is 7.64. The third kappa shape index (κ3) is 3.93. The van der Waals surface area contributed by atoms with E-state index in [4.69, 9.17) is 4.84 Å². The van der Waals surface area contributed by atoms with Crippen LogP contribution < -0.4 is 5.32 Å². The van der Waals surface area contributed by atoms with Crippen LogP contribution in [0.1, 0.15) is 23.1 Å². The first kappa shape index (κ1) is 17.9. The van der Waals surface area contributed by atoms with Crippen molar-refractivity contribution < 1.29 is 14.0 Å². The molecule has 0 spiro atoms. The number of carbonyl (C=O) groups excluding carboxylic acids is 1. The number of hydrogen-bond acceptors (Lipinski definition) is 4. The van der Waals surface area contributed by atoms with Crippen LogP contribution in [0.15, 0.2) is 65.9 Å². The summed E-state index contributed by atoms with van der Waals surface area (Å²) in [6.45, 7) is 2.68. The standard InChI is InChI=1S/C21H19FN4O2/c1-14-4-2-3-5-16(14)13-26-11-10-20(24-26)23-21(27)19-12-18(25-28-19)15-6-8-17(22)9-7-15/h2-11,19H,12-13H2,1H3,(H,23,24,27). The summed E-state index contributed by atoms with van der Waals surface area (Å²) in [6.07, 6.45) is 1.40. The van der Waals surface area contributed by atoms with Crippen molar-refractivity contribution in [2.45, 2.75) is 26.0 Å².